The van der Waals surface area contributed by atoms with E-state index >= 15 is 0 Å². The predicted octanol–water partition coefficient (Wildman–Crippen LogP) is 2.57. The van der Waals surface area contributed by atoms with Gasteiger partial charge in [0, 0.05) is 12.3 Å². The number of rotatable bonds is 8. The average molecular weight is 250 g/mol. The molecule has 1 atom stereocenters. The third-order valence-corrected chi connectivity index (χ3v) is 2.79. The summed E-state index contributed by atoms with van der Waals surface area (Å²) in [7, 11) is 0. The number of ether oxygens (including phenoxy) is 1. The molecule has 1 unspecified atom stereocenters. The van der Waals surface area contributed by atoms with E-state index in [0.29, 0.717) is 19.4 Å². The van der Waals surface area contributed by atoms with E-state index < -0.39 is 6.10 Å². The van der Waals surface area contributed by atoms with Crippen molar-refractivity contribution in [2.45, 2.75) is 39.4 Å². The number of hydrogen-bond donors (Lipinski definition) is 1. The lowest BCUT2D eigenvalue weighted by molar-refractivity contribution is -0.122. The van der Waals surface area contributed by atoms with Crippen molar-refractivity contribution >= 4 is 5.78 Å². The third kappa shape index (κ3) is 5.94. The van der Waals surface area contributed by atoms with Gasteiger partial charge in [0.05, 0.1) is 19.3 Å². The molecule has 1 aromatic carbocycles. The zero-order chi connectivity index (χ0) is 13.4. The normalized spacial score (nSPS) is 12.7. The molecule has 0 saturated heterocycles. The Balaban J connectivity index is 2.14. The molecule has 0 radical (unpaired) electrons. The van der Waals surface area contributed by atoms with Crippen molar-refractivity contribution in [2.75, 3.05) is 6.61 Å². The molecule has 0 fully saturated rings. The molecule has 0 amide bonds. The van der Waals surface area contributed by atoms with Crippen LogP contribution in [0, 0.1) is 5.92 Å². The fraction of sp³-hybridized carbons (Fsp3) is 0.533. The first-order chi connectivity index (χ1) is 8.59. The summed E-state index contributed by atoms with van der Waals surface area (Å²) < 4.78 is 5.41. The Morgan fingerprint density at radius 3 is 2.56 bits per heavy atom. The summed E-state index contributed by atoms with van der Waals surface area (Å²) in [4.78, 5) is 11.4. The van der Waals surface area contributed by atoms with Gasteiger partial charge in [-0.1, -0.05) is 44.2 Å². The van der Waals surface area contributed by atoms with Crippen molar-refractivity contribution in [1.29, 1.82) is 0 Å². The first-order valence-corrected chi connectivity index (χ1v) is 6.42. The van der Waals surface area contributed by atoms with E-state index in [1.807, 2.05) is 44.2 Å². The molecule has 0 aliphatic rings. The molecule has 18 heavy (non-hydrogen) atoms. The molecule has 0 bridgehead atoms. The highest BCUT2D eigenvalue weighted by atomic mass is 16.5. The van der Waals surface area contributed by atoms with E-state index in [4.69, 9.17) is 4.74 Å². The van der Waals surface area contributed by atoms with Crippen molar-refractivity contribution in [3.63, 3.8) is 0 Å². The van der Waals surface area contributed by atoms with E-state index in [2.05, 4.69) is 0 Å². The minimum atomic E-state index is -0.559. The van der Waals surface area contributed by atoms with Gasteiger partial charge in [-0.15, -0.1) is 0 Å². The molecule has 1 rings (SSSR count). The fourth-order valence-electron chi connectivity index (χ4n) is 1.57. The summed E-state index contributed by atoms with van der Waals surface area (Å²) in [6, 6.07) is 9.83. The van der Waals surface area contributed by atoms with Crippen molar-refractivity contribution in [3.05, 3.63) is 35.9 Å². The van der Waals surface area contributed by atoms with E-state index in [1.54, 1.807) is 0 Å². The Hall–Kier alpha value is -1.19. The van der Waals surface area contributed by atoms with Crippen LogP contribution >= 0.6 is 0 Å². The first kappa shape index (κ1) is 14.9. The van der Waals surface area contributed by atoms with Crippen LogP contribution in [0.1, 0.15) is 32.3 Å². The highest BCUT2D eigenvalue weighted by Crippen LogP contribution is 2.06. The van der Waals surface area contributed by atoms with Gasteiger partial charge in [-0.2, -0.15) is 0 Å². The molecule has 0 aliphatic heterocycles. The van der Waals surface area contributed by atoms with Crippen LogP contribution in [0.25, 0.3) is 0 Å². The fourth-order valence-corrected chi connectivity index (χ4v) is 1.57. The number of aliphatic hydroxyl groups is 1. The van der Waals surface area contributed by atoms with Gasteiger partial charge in [0.15, 0.2) is 0 Å². The summed E-state index contributed by atoms with van der Waals surface area (Å²) >= 11 is 0. The van der Waals surface area contributed by atoms with E-state index in [0.717, 1.165) is 5.56 Å². The SMILES string of the molecule is CC(C)C(=O)CCC(O)COCc1ccccc1. The number of hydrogen-bond acceptors (Lipinski definition) is 3. The molecule has 0 heterocycles. The number of carbonyl (C=O) groups is 1. The highest BCUT2D eigenvalue weighted by molar-refractivity contribution is 5.80. The van der Waals surface area contributed by atoms with Crippen molar-refractivity contribution < 1.29 is 14.6 Å². The maximum atomic E-state index is 11.4. The highest BCUT2D eigenvalue weighted by Gasteiger charge is 2.11. The molecular weight excluding hydrogens is 228 g/mol. The predicted molar refractivity (Wildman–Crippen MR) is 71.2 cm³/mol. The molecule has 0 saturated carbocycles. The summed E-state index contributed by atoms with van der Waals surface area (Å²) in [5, 5.41) is 9.68. The minimum Gasteiger partial charge on any atom is -0.391 e. The Labute approximate surface area is 109 Å². The Bertz CT molecular complexity index is 346. The summed E-state index contributed by atoms with van der Waals surface area (Å²) in [6.45, 7) is 4.53. The first-order valence-electron chi connectivity index (χ1n) is 6.42. The van der Waals surface area contributed by atoms with Crippen molar-refractivity contribution in [2.24, 2.45) is 5.92 Å². The second kappa shape index (κ2) is 8.01. The van der Waals surface area contributed by atoms with Crippen LogP contribution in [0.4, 0.5) is 0 Å². The number of carbonyl (C=O) groups excluding carboxylic acids is 1. The van der Waals surface area contributed by atoms with Crippen LogP contribution in [-0.2, 0) is 16.1 Å². The van der Waals surface area contributed by atoms with Crippen LogP contribution < -0.4 is 0 Å². The van der Waals surface area contributed by atoms with E-state index in [9.17, 15) is 9.90 Å². The lowest BCUT2D eigenvalue weighted by Gasteiger charge is -2.11. The quantitative estimate of drug-likeness (QED) is 0.771. The summed E-state index contributed by atoms with van der Waals surface area (Å²) in [6.07, 6.45) is 0.343. The largest absolute Gasteiger partial charge is 0.391 e. The number of aliphatic hydroxyl groups excluding tert-OH is 1. The van der Waals surface area contributed by atoms with Gasteiger partial charge in [-0.05, 0) is 12.0 Å². The molecule has 1 aromatic rings. The average Bonchev–Trinajstić information content (AvgIpc) is 2.37. The Morgan fingerprint density at radius 2 is 1.94 bits per heavy atom. The standard InChI is InChI=1S/C15H22O3/c1-12(2)15(17)9-8-14(16)11-18-10-13-6-4-3-5-7-13/h3-7,12,14,16H,8-11H2,1-2H3. The molecule has 0 aromatic heterocycles. The third-order valence-electron chi connectivity index (χ3n) is 2.79. The van der Waals surface area contributed by atoms with E-state index in [-0.39, 0.29) is 18.3 Å². The number of Topliss-reactive ketones (excluding diaryl/α,β-unsaturated/α-hetero) is 1. The van der Waals surface area contributed by atoms with Gasteiger partial charge >= 0.3 is 0 Å². The van der Waals surface area contributed by atoms with Gasteiger partial charge in [-0.3, -0.25) is 4.79 Å². The molecule has 100 valence electrons. The second-order valence-electron chi connectivity index (χ2n) is 4.81. The minimum absolute atomic E-state index is 0.0439. The van der Waals surface area contributed by atoms with Gasteiger partial charge in [0.25, 0.3) is 0 Å². The van der Waals surface area contributed by atoms with Gasteiger partial charge in [0.1, 0.15) is 5.78 Å². The Kier molecular flexibility index (Phi) is 6.61. The molecular formula is C15H22O3. The molecule has 0 spiro atoms. The van der Waals surface area contributed by atoms with Crippen molar-refractivity contribution in [3.8, 4) is 0 Å². The van der Waals surface area contributed by atoms with Gasteiger partial charge in [-0.25, -0.2) is 0 Å². The van der Waals surface area contributed by atoms with Crippen LogP contribution in [0.5, 0.6) is 0 Å². The van der Waals surface area contributed by atoms with Gasteiger partial charge in [0.2, 0.25) is 0 Å². The molecule has 0 aliphatic carbocycles. The molecule has 3 heteroatoms. The topological polar surface area (TPSA) is 46.5 Å². The van der Waals surface area contributed by atoms with Gasteiger partial charge < -0.3 is 9.84 Å². The molecule has 3 nitrogen and oxygen atoms in total. The number of ketones is 1. The maximum Gasteiger partial charge on any atom is 0.135 e. The van der Waals surface area contributed by atoms with Crippen LogP contribution in [0.3, 0.4) is 0 Å². The van der Waals surface area contributed by atoms with Crippen LogP contribution in [-0.4, -0.2) is 23.6 Å². The summed E-state index contributed by atoms with van der Waals surface area (Å²) in [5.41, 5.74) is 1.09. The smallest absolute Gasteiger partial charge is 0.135 e. The lowest BCUT2D eigenvalue weighted by Crippen LogP contribution is -2.18. The second-order valence-corrected chi connectivity index (χ2v) is 4.81. The van der Waals surface area contributed by atoms with Crippen LogP contribution in [0.2, 0.25) is 0 Å². The van der Waals surface area contributed by atoms with E-state index in [1.165, 1.54) is 0 Å². The lowest BCUT2D eigenvalue weighted by atomic mass is 10.0. The van der Waals surface area contributed by atoms with Crippen LogP contribution in [0.15, 0.2) is 30.3 Å². The number of benzene rings is 1. The zero-order valence-electron chi connectivity index (χ0n) is 11.1. The maximum absolute atomic E-state index is 11.4. The Morgan fingerprint density at radius 1 is 1.28 bits per heavy atom. The zero-order valence-corrected chi connectivity index (χ0v) is 11.1. The summed E-state index contributed by atoms with van der Waals surface area (Å²) in [5.74, 6) is 0.236. The molecule has 1 N–H and O–H groups in total. The monoisotopic (exact) mass is 250 g/mol. The van der Waals surface area contributed by atoms with Crippen molar-refractivity contribution in [1.82, 2.24) is 0 Å².